The summed E-state index contributed by atoms with van der Waals surface area (Å²) in [5.41, 5.74) is 12.6. The molecule has 0 bridgehead atoms. The fourth-order valence-electron chi connectivity index (χ4n) is 4.24. The molecule has 236 valence electrons. The minimum atomic E-state index is -0.723. The molecule has 15 heteroatoms. The quantitative estimate of drug-likeness (QED) is 0.0888. The van der Waals surface area contributed by atoms with Gasteiger partial charge in [0.05, 0.1) is 6.67 Å². The maximum absolute atomic E-state index is 10.5. The number of hydrogen-bond donors (Lipinski definition) is 6. The average Bonchev–Trinajstić information content (AvgIpc) is 3.43. The molecule has 3 aromatic carbocycles. The SMILES string of the molecule is C=O.Cc1cc(O)ccc1O.NCCN.[B]P(I)c1cc(C)c(O)c(CN2CCN(Cc3cc(P([B])I)cc(C)c3O)C2)c1. The Balaban J connectivity index is 0.000000533. The molecular formula is C29H40B2I2N4O5P2. The molecule has 1 fully saturated rings. The minimum absolute atomic E-state index is 0.185. The molecule has 2 atom stereocenters. The number of phenolic OH excluding ortho intramolecular Hbond substituents is 4. The van der Waals surface area contributed by atoms with Crippen LogP contribution in [0, 0.1) is 20.8 Å². The van der Waals surface area contributed by atoms with Crippen molar-refractivity contribution in [2.24, 2.45) is 11.5 Å². The Morgan fingerprint density at radius 3 is 1.48 bits per heavy atom. The standard InChI is InChI=1S/C19H22B2I2N2O2P2.C7H8O2.C2H8N2.CH2O/c1-12-5-16(28(20)22)7-14(18(12)26)9-24-3-4-25(11-24)10-15-8-17(29(21)23)6-13(2)19(15)27;1-5-4-6(8)2-3-7(5)9;3-1-2-4;1-2/h5-8,26-27H,3-4,9-11H2,1-2H3;2-4,8-9H,1H3;1-4H2;1H2. The molecule has 1 aliphatic rings. The molecule has 3 aromatic rings. The molecule has 0 amide bonds. The van der Waals surface area contributed by atoms with Crippen molar-refractivity contribution in [3.63, 3.8) is 0 Å². The first kappa shape index (κ1) is 40.8. The van der Waals surface area contributed by atoms with Gasteiger partial charge in [-0.3, -0.25) is 9.80 Å². The van der Waals surface area contributed by atoms with E-state index in [9.17, 15) is 10.2 Å². The van der Waals surface area contributed by atoms with Crippen LogP contribution in [0.1, 0.15) is 27.8 Å². The van der Waals surface area contributed by atoms with Crippen molar-refractivity contribution in [2.75, 3.05) is 32.8 Å². The van der Waals surface area contributed by atoms with Gasteiger partial charge in [0, 0.05) is 50.4 Å². The van der Waals surface area contributed by atoms with Crippen LogP contribution in [-0.2, 0) is 17.9 Å². The summed E-state index contributed by atoms with van der Waals surface area (Å²) in [5.74, 6) is 1.12. The van der Waals surface area contributed by atoms with E-state index in [2.05, 4.69) is 53.9 Å². The van der Waals surface area contributed by atoms with Crippen molar-refractivity contribution in [1.29, 1.82) is 0 Å². The Labute approximate surface area is 292 Å². The van der Waals surface area contributed by atoms with Crippen LogP contribution in [0.5, 0.6) is 23.0 Å². The highest BCUT2D eigenvalue weighted by atomic mass is 127. The fraction of sp³-hybridized carbons (Fsp3) is 0.345. The number of carbonyl (C=O) groups is 1. The Kier molecular flexibility index (Phi) is 19.3. The van der Waals surface area contributed by atoms with E-state index in [0.29, 0.717) is 43.2 Å². The van der Waals surface area contributed by atoms with Gasteiger partial charge in [-0.2, -0.15) is 0 Å². The summed E-state index contributed by atoms with van der Waals surface area (Å²) in [7, 11) is 12.2. The van der Waals surface area contributed by atoms with Crippen LogP contribution in [0.15, 0.2) is 42.5 Å². The van der Waals surface area contributed by atoms with E-state index < -0.39 is 10.9 Å². The third kappa shape index (κ3) is 13.3. The number of phenols is 4. The molecule has 0 saturated carbocycles. The van der Waals surface area contributed by atoms with Gasteiger partial charge >= 0.3 is 0 Å². The first-order valence-corrected chi connectivity index (χ1v) is 21.8. The van der Waals surface area contributed by atoms with Crippen molar-refractivity contribution in [3.05, 3.63) is 70.3 Å². The maximum Gasteiger partial charge on any atom is 0.129 e. The van der Waals surface area contributed by atoms with Crippen molar-refractivity contribution in [1.82, 2.24) is 9.80 Å². The normalized spacial score (nSPS) is 14.2. The van der Waals surface area contributed by atoms with Gasteiger partial charge in [0.25, 0.3) is 0 Å². The number of aryl methyl sites for hydroxylation is 3. The molecule has 4 rings (SSSR count). The highest BCUT2D eigenvalue weighted by Gasteiger charge is 2.23. The molecule has 2 unspecified atom stereocenters. The number of hydrogen-bond acceptors (Lipinski definition) is 9. The largest absolute Gasteiger partial charge is 0.508 e. The summed E-state index contributed by atoms with van der Waals surface area (Å²) in [6, 6.07) is 12.4. The summed E-state index contributed by atoms with van der Waals surface area (Å²) in [6.07, 6.45) is 0. The van der Waals surface area contributed by atoms with Gasteiger partial charge in [-0.25, -0.2) is 0 Å². The van der Waals surface area contributed by atoms with E-state index in [1.165, 1.54) is 18.2 Å². The summed E-state index contributed by atoms with van der Waals surface area (Å²) < 4.78 is 0. The predicted molar refractivity (Wildman–Crippen MR) is 204 cm³/mol. The summed E-state index contributed by atoms with van der Waals surface area (Å²) in [4.78, 5) is 12.6. The summed E-state index contributed by atoms with van der Waals surface area (Å²) in [5, 5.41) is 40.9. The molecule has 0 spiro atoms. The third-order valence-electron chi connectivity index (χ3n) is 6.49. The van der Waals surface area contributed by atoms with E-state index in [-0.39, 0.29) is 11.5 Å². The van der Waals surface area contributed by atoms with Gasteiger partial charge in [0.2, 0.25) is 0 Å². The number of nitrogens with two attached hydrogens (primary N) is 2. The van der Waals surface area contributed by atoms with Crippen LogP contribution in [0.4, 0.5) is 0 Å². The van der Waals surface area contributed by atoms with Crippen LogP contribution in [-0.4, -0.2) is 85.0 Å². The Bertz CT molecular complexity index is 1270. The molecule has 1 saturated heterocycles. The number of benzene rings is 3. The van der Waals surface area contributed by atoms with Crippen LogP contribution in [0.2, 0.25) is 0 Å². The van der Waals surface area contributed by atoms with Crippen LogP contribution in [0.25, 0.3) is 0 Å². The summed E-state index contributed by atoms with van der Waals surface area (Å²) in [6.45, 7) is 12.8. The number of rotatable bonds is 7. The van der Waals surface area contributed by atoms with E-state index in [1.807, 2.05) is 44.9 Å². The topological polar surface area (TPSA) is 157 Å². The van der Waals surface area contributed by atoms with Crippen molar-refractivity contribution < 1.29 is 25.2 Å². The Hall–Kier alpha value is -1.18. The third-order valence-corrected chi connectivity index (χ3v) is 11.3. The fourth-order valence-corrected chi connectivity index (χ4v) is 7.10. The lowest BCUT2D eigenvalue weighted by Gasteiger charge is -2.21. The second kappa shape index (κ2) is 20.8. The maximum atomic E-state index is 10.5. The molecule has 9 nitrogen and oxygen atoms in total. The van der Waals surface area contributed by atoms with E-state index in [1.54, 1.807) is 6.92 Å². The number of aromatic hydroxyl groups is 4. The average molecular weight is 862 g/mol. The Morgan fingerprint density at radius 2 is 1.16 bits per heavy atom. The highest BCUT2D eigenvalue weighted by Crippen LogP contribution is 2.41. The zero-order valence-electron chi connectivity index (χ0n) is 25.2. The van der Waals surface area contributed by atoms with E-state index in [4.69, 9.17) is 41.6 Å². The van der Waals surface area contributed by atoms with Gasteiger partial charge in [-0.15, -0.1) is 0 Å². The molecule has 8 N–H and O–H groups in total. The highest BCUT2D eigenvalue weighted by molar-refractivity contribution is 14.2. The monoisotopic (exact) mass is 862 g/mol. The zero-order valence-corrected chi connectivity index (χ0v) is 31.4. The van der Waals surface area contributed by atoms with Crippen molar-refractivity contribution in [2.45, 2.75) is 33.9 Å². The van der Waals surface area contributed by atoms with Crippen molar-refractivity contribution in [3.8, 4) is 23.0 Å². The molecule has 0 aromatic heterocycles. The van der Waals surface area contributed by atoms with Gasteiger partial charge in [0.15, 0.2) is 0 Å². The number of halogens is 2. The lowest BCUT2D eigenvalue weighted by molar-refractivity contribution is -0.0980. The van der Waals surface area contributed by atoms with Crippen LogP contribution in [0.3, 0.4) is 0 Å². The number of carbonyl (C=O) groups excluding carboxylic acids is 1. The lowest BCUT2D eigenvalue weighted by atomic mass is 10.1. The lowest BCUT2D eigenvalue weighted by Crippen LogP contribution is -2.25. The van der Waals surface area contributed by atoms with Crippen LogP contribution >= 0.6 is 55.0 Å². The molecular weight excluding hydrogens is 822 g/mol. The van der Waals surface area contributed by atoms with Gasteiger partial charge < -0.3 is 36.7 Å². The zero-order chi connectivity index (χ0) is 33.6. The van der Waals surface area contributed by atoms with E-state index in [0.717, 1.165) is 52.6 Å². The first-order chi connectivity index (χ1) is 20.8. The second-order valence-corrected chi connectivity index (χ2v) is 18.5. The minimum Gasteiger partial charge on any atom is -0.508 e. The Morgan fingerprint density at radius 1 is 0.750 bits per heavy atom. The van der Waals surface area contributed by atoms with Gasteiger partial charge in [0.1, 0.15) is 44.9 Å². The van der Waals surface area contributed by atoms with Gasteiger partial charge in [-0.05, 0) is 90.5 Å². The molecule has 1 heterocycles. The van der Waals surface area contributed by atoms with Crippen LogP contribution < -0.4 is 22.1 Å². The van der Waals surface area contributed by atoms with E-state index >= 15 is 0 Å². The molecule has 0 aliphatic carbocycles. The first-order valence-electron chi connectivity index (χ1n) is 13.5. The molecule has 44 heavy (non-hydrogen) atoms. The molecule has 1 aliphatic heterocycles. The molecule has 4 radical (unpaired) electrons. The smallest absolute Gasteiger partial charge is 0.129 e. The van der Waals surface area contributed by atoms with Gasteiger partial charge in [-0.1, -0.05) is 55.0 Å². The predicted octanol–water partition coefficient (Wildman–Crippen LogP) is 4.20. The second-order valence-electron chi connectivity index (χ2n) is 9.96. The summed E-state index contributed by atoms with van der Waals surface area (Å²) >= 11 is 4.51. The van der Waals surface area contributed by atoms with Crippen molar-refractivity contribution >= 4 is 87.5 Å². The number of nitrogens with zero attached hydrogens (tertiary/aromatic N) is 2.